The van der Waals surface area contributed by atoms with Gasteiger partial charge in [-0.15, -0.1) is 0 Å². The zero-order valence-corrected chi connectivity index (χ0v) is 21.8. The van der Waals surface area contributed by atoms with Crippen LogP contribution < -0.4 is 15.4 Å². The highest BCUT2D eigenvalue weighted by atomic mass is 19.3. The second kappa shape index (κ2) is 12.8. The quantitative estimate of drug-likeness (QED) is 0.413. The molecular weight excluding hydrogens is 496 g/mol. The Bertz CT molecular complexity index is 1100. The summed E-state index contributed by atoms with van der Waals surface area (Å²) in [5.74, 6) is -5.18. The topological polar surface area (TPSA) is 108 Å². The summed E-state index contributed by atoms with van der Waals surface area (Å²) >= 11 is 0. The molecule has 1 heterocycles. The van der Waals surface area contributed by atoms with Gasteiger partial charge >= 0.3 is 0 Å². The standard InChI is InChI=1S/C28H35F2N3O5/c1-4-18(2)25(35)32-22(14-19-8-6-5-7-9-19)24(34)27(37)33-17-28(29,30)15-23(33)26(36)31-16-20-10-12-21(38-3)13-11-20/h5-13,18,22-24,34H,4,14-17H2,1-3H3,(H,31,36)(H,32,35). The zero-order valence-electron chi connectivity index (χ0n) is 21.8. The molecule has 4 atom stereocenters. The minimum absolute atomic E-state index is 0.0665. The molecule has 0 bridgehead atoms. The summed E-state index contributed by atoms with van der Waals surface area (Å²) in [6.07, 6.45) is -2.03. The molecule has 1 fully saturated rings. The van der Waals surface area contributed by atoms with Crippen molar-refractivity contribution in [2.75, 3.05) is 13.7 Å². The number of nitrogens with zero attached hydrogens (tertiary/aromatic N) is 1. The van der Waals surface area contributed by atoms with Crippen molar-refractivity contribution in [3.63, 3.8) is 0 Å². The average Bonchev–Trinajstić information content (AvgIpc) is 3.26. The van der Waals surface area contributed by atoms with Gasteiger partial charge in [0, 0.05) is 18.9 Å². The largest absolute Gasteiger partial charge is 0.497 e. The molecule has 1 saturated heterocycles. The molecule has 38 heavy (non-hydrogen) atoms. The Morgan fingerprint density at radius 2 is 1.76 bits per heavy atom. The number of aliphatic hydroxyl groups excluding tert-OH is 1. The number of carbonyl (C=O) groups is 3. The van der Waals surface area contributed by atoms with E-state index in [1.807, 2.05) is 6.92 Å². The molecule has 0 spiro atoms. The molecule has 206 valence electrons. The maximum absolute atomic E-state index is 14.4. The van der Waals surface area contributed by atoms with Gasteiger partial charge < -0.3 is 25.4 Å². The molecule has 8 nitrogen and oxygen atoms in total. The van der Waals surface area contributed by atoms with Crippen LogP contribution in [0.25, 0.3) is 0 Å². The van der Waals surface area contributed by atoms with E-state index >= 15 is 0 Å². The number of benzene rings is 2. The Morgan fingerprint density at radius 1 is 1.11 bits per heavy atom. The summed E-state index contributed by atoms with van der Waals surface area (Å²) in [7, 11) is 1.53. The van der Waals surface area contributed by atoms with E-state index in [0.29, 0.717) is 12.2 Å². The van der Waals surface area contributed by atoms with E-state index in [1.165, 1.54) is 7.11 Å². The second-order valence-corrected chi connectivity index (χ2v) is 9.67. The van der Waals surface area contributed by atoms with Gasteiger partial charge in [-0.1, -0.05) is 56.3 Å². The van der Waals surface area contributed by atoms with Crippen LogP contribution in [0.5, 0.6) is 5.75 Å². The fourth-order valence-corrected chi connectivity index (χ4v) is 4.30. The smallest absolute Gasteiger partial charge is 0.267 e. The monoisotopic (exact) mass is 531 g/mol. The lowest BCUT2D eigenvalue weighted by Gasteiger charge is -2.30. The third-order valence-electron chi connectivity index (χ3n) is 6.80. The lowest BCUT2D eigenvalue weighted by atomic mass is 9.98. The number of hydrogen-bond acceptors (Lipinski definition) is 5. The Labute approximate surface area is 221 Å². The lowest BCUT2D eigenvalue weighted by Crippen LogP contribution is -2.56. The van der Waals surface area contributed by atoms with Crippen LogP contribution in [-0.4, -0.2) is 65.5 Å². The molecule has 2 aromatic rings. The summed E-state index contributed by atoms with van der Waals surface area (Å²) in [5.41, 5.74) is 1.46. The Kier molecular flexibility index (Phi) is 9.79. The van der Waals surface area contributed by atoms with Crippen molar-refractivity contribution in [3.05, 3.63) is 65.7 Å². The number of ether oxygens (including phenoxy) is 1. The number of methoxy groups -OCH3 is 1. The van der Waals surface area contributed by atoms with E-state index in [-0.39, 0.29) is 24.8 Å². The number of nitrogens with one attached hydrogen (secondary N) is 2. The van der Waals surface area contributed by atoms with Crippen molar-refractivity contribution in [1.29, 1.82) is 0 Å². The third kappa shape index (κ3) is 7.50. The maximum atomic E-state index is 14.4. The Hall–Kier alpha value is -3.53. The number of carbonyl (C=O) groups excluding carboxylic acids is 3. The molecule has 10 heteroatoms. The van der Waals surface area contributed by atoms with Crippen LogP contribution in [0, 0.1) is 5.92 Å². The fourth-order valence-electron chi connectivity index (χ4n) is 4.30. The zero-order chi connectivity index (χ0) is 27.9. The van der Waals surface area contributed by atoms with Crippen LogP contribution in [0.2, 0.25) is 0 Å². The number of alkyl halides is 2. The molecular formula is C28H35F2N3O5. The first-order chi connectivity index (χ1) is 18.0. The van der Waals surface area contributed by atoms with Gasteiger partial charge in [0.15, 0.2) is 6.10 Å². The van der Waals surface area contributed by atoms with Gasteiger partial charge in [-0.05, 0) is 36.1 Å². The molecule has 3 amide bonds. The van der Waals surface area contributed by atoms with E-state index in [0.717, 1.165) is 16.0 Å². The van der Waals surface area contributed by atoms with E-state index in [2.05, 4.69) is 10.6 Å². The summed E-state index contributed by atoms with van der Waals surface area (Å²) < 4.78 is 34.0. The maximum Gasteiger partial charge on any atom is 0.267 e. The molecule has 0 saturated carbocycles. The predicted octanol–water partition coefficient (Wildman–Crippen LogP) is 2.68. The van der Waals surface area contributed by atoms with Gasteiger partial charge in [-0.2, -0.15) is 0 Å². The number of hydrogen-bond donors (Lipinski definition) is 3. The lowest BCUT2D eigenvalue weighted by molar-refractivity contribution is -0.147. The van der Waals surface area contributed by atoms with Crippen molar-refractivity contribution < 1.29 is 33.0 Å². The molecule has 1 aliphatic heterocycles. The highest BCUT2D eigenvalue weighted by molar-refractivity contribution is 5.91. The van der Waals surface area contributed by atoms with Crippen LogP contribution in [0.1, 0.15) is 37.8 Å². The van der Waals surface area contributed by atoms with Crippen molar-refractivity contribution in [2.24, 2.45) is 5.92 Å². The van der Waals surface area contributed by atoms with Gasteiger partial charge in [0.05, 0.1) is 19.7 Å². The van der Waals surface area contributed by atoms with Crippen LogP contribution in [0.15, 0.2) is 54.6 Å². The third-order valence-corrected chi connectivity index (χ3v) is 6.80. The number of rotatable bonds is 11. The fraction of sp³-hybridized carbons (Fsp3) is 0.464. The Morgan fingerprint density at radius 3 is 2.37 bits per heavy atom. The molecule has 3 N–H and O–H groups in total. The second-order valence-electron chi connectivity index (χ2n) is 9.67. The van der Waals surface area contributed by atoms with E-state index in [9.17, 15) is 28.3 Å². The van der Waals surface area contributed by atoms with Gasteiger partial charge in [0.1, 0.15) is 11.8 Å². The summed E-state index contributed by atoms with van der Waals surface area (Å²) in [4.78, 5) is 39.6. The predicted molar refractivity (Wildman–Crippen MR) is 137 cm³/mol. The van der Waals surface area contributed by atoms with Crippen LogP contribution >= 0.6 is 0 Å². The Balaban J connectivity index is 1.76. The van der Waals surface area contributed by atoms with Crippen molar-refractivity contribution in [1.82, 2.24) is 15.5 Å². The molecule has 2 aromatic carbocycles. The number of aliphatic hydroxyl groups is 1. The highest BCUT2D eigenvalue weighted by Crippen LogP contribution is 2.33. The van der Waals surface area contributed by atoms with E-state index < -0.39 is 48.9 Å². The van der Waals surface area contributed by atoms with Crippen LogP contribution in [0.4, 0.5) is 8.78 Å². The number of halogens is 2. The van der Waals surface area contributed by atoms with Crippen LogP contribution in [-0.2, 0) is 27.3 Å². The normalized spacial score (nSPS) is 18.8. The number of amides is 3. The molecule has 1 aliphatic rings. The first kappa shape index (κ1) is 29.0. The first-order valence-corrected chi connectivity index (χ1v) is 12.7. The summed E-state index contributed by atoms with van der Waals surface area (Å²) in [6, 6.07) is 13.2. The minimum Gasteiger partial charge on any atom is -0.497 e. The SMILES string of the molecule is CCC(C)C(=O)NC(Cc1ccccc1)C(O)C(=O)N1CC(F)(F)CC1C(=O)NCc1ccc(OC)cc1. The van der Waals surface area contributed by atoms with Crippen LogP contribution in [0.3, 0.4) is 0 Å². The van der Waals surface area contributed by atoms with Gasteiger partial charge in [0.25, 0.3) is 11.8 Å². The van der Waals surface area contributed by atoms with Gasteiger partial charge in [0.2, 0.25) is 11.8 Å². The molecule has 0 radical (unpaired) electrons. The van der Waals surface area contributed by atoms with Crippen molar-refractivity contribution in [2.45, 2.75) is 63.8 Å². The molecule has 4 unspecified atom stereocenters. The first-order valence-electron chi connectivity index (χ1n) is 12.7. The van der Waals surface area contributed by atoms with Crippen molar-refractivity contribution >= 4 is 17.7 Å². The van der Waals surface area contributed by atoms with E-state index in [1.54, 1.807) is 61.5 Å². The highest BCUT2D eigenvalue weighted by Gasteiger charge is 2.51. The van der Waals surface area contributed by atoms with Gasteiger partial charge in [-0.25, -0.2) is 8.78 Å². The van der Waals surface area contributed by atoms with E-state index in [4.69, 9.17) is 4.74 Å². The minimum atomic E-state index is -3.30. The molecule has 0 aliphatic carbocycles. The molecule has 3 rings (SSSR count). The number of likely N-dealkylation sites (tertiary alicyclic amines) is 1. The van der Waals surface area contributed by atoms with Crippen molar-refractivity contribution in [3.8, 4) is 5.75 Å². The van der Waals surface area contributed by atoms with Gasteiger partial charge in [-0.3, -0.25) is 14.4 Å². The average molecular weight is 532 g/mol. The molecule has 0 aromatic heterocycles. The summed E-state index contributed by atoms with van der Waals surface area (Å²) in [5, 5.41) is 16.3. The summed E-state index contributed by atoms with van der Waals surface area (Å²) in [6.45, 7) is 2.62.